The van der Waals surface area contributed by atoms with Crippen LogP contribution in [0.4, 0.5) is 0 Å². The molecule has 1 aliphatic heterocycles. The van der Waals surface area contributed by atoms with Crippen molar-refractivity contribution in [1.29, 1.82) is 0 Å². The number of likely N-dealkylation sites (tertiary alicyclic amines) is 1. The second-order valence-corrected chi connectivity index (χ2v) is 7.67. The van der Waals surface area contributed by atoms with Crippen molar-refractivity contribution in [3.63, 3.8) is 0 Å². The zero-order valence-electron chi connectivity index (χ0n) is 16.8. The predicted octanol–water partition coefficient (Wildman–Crippen LogP) is 3.87. The summed E-state index contributed by atoms with van der Waals surface area (Å²) in [5.74, 6) is 0.140. The van der Waals surface area contributed by atoms with Gasteiger partial charge in [-0.25, -0.2) is 0 Å². The average Bonchev–Trinajstić information content (AvgIpc) is 2.69. The third-order valence-electron chi connectivity index (χ3n) is 5.59. The number of piperidine rings is 1. The van der Waals surface area contributed by atoms with E-state index >= 15 is 0 Å². The van der Waals surface area contributed by atoms with Crippen LogP contribution in [0.15, 0.2) is 48.5 Å². The summed E-state index contributed by atoms with van der Waals surface area (Å²) in [5, 5.41) is 20.1. The SMILES string of the molecule is CCC[C@]1(C(=O)O)CCN(C(=O)c2ccc(Oc3cccc(C)c3)cc2)C[C@@H]1O. The number of ether oxygens (including phenoxy) is 1. The third kappa shape index (κ3) is 4.43. The van der Waals surface area contributed by atoms with Crippen molar-refractivity contribution in [3.8, 4) is 11.5 Å². The first-order valence-corrected chi connectivity index (χ1v) is 9.91. The Balaban J connectivity index is 1.67. The molecule has 0 aliphatic carbocycles. The van der Waals surface area contributed by atoms with E-state index in [4.69, 9.17) is 4.74 Å². The van der Waals surface area contributed by atoms with Gasteiger partial charge in [-0.05, 0) is 61.7 Å². The van der Waals surface area contributed by atoms with Crippen LogP contribution in [0, 0.1) is 12.3 Å². The molecule has 1 amide bonds. The number of amides is 1. The van der Waals surface area contributed by atoms with Crippen molar-refractivity contribution in [2.24, 2.45) is 5.41 Å². The highest BCUT2D eigenvalue weighted by molar-refractivity contribution is 5.94. The van der Waals surface area contributed by atoms with Crippen molar-refractivity contribution in [1.82, 2.24) is 4.90 Å². The molecule has 0 saturated carbocycles. The van der Waals surface area contributed by atoms with Gasteiger partial charge in [0.2, 0.25) is 0 Å². The van der Waals surface area contributed by atoms with E-state index in [0.29, 0.717) is 30.7 Å². The van der Waals surface area contributed by atoms with Crippen LogP contribution in [-0.2, 0) is 4.79 Å². The Morgan fingerprint density at radius 2 is 1.90 bits per heavy atom. The number of aliphatic hydroxyl groups is 1. The fourth-order valence-electron chi connectivity index (χ4n) is 3.92. The molecule has 6 nitrogen and oxygen atoms in total. The number of aliphatic carboxylic acids is 1. The number of carbonyl (C=O) groups excluding carboxylic acids is 1. The Morgan fingerprint density at radius 3 is 2.48 bits per heavy atom. The van der Waals surface area contributed by atoms with Crippen molar-refractivity contribution in [3.05, 3.63) is 59.7 Å². The maximum atomic E-state index is 12.8. The summed E-state index contributed by atoms with van der Waals surface area (Å²) in [6, 6.07) is 14.5. The molecule has 2 N–H and O–H groups in total. The molecule has 1 aliphatic rings. The summed E-state index contributed by atoms with van der Waals surface area (Å²) in [7, 11) is 0. The van der Waals surface area contributed by atoms with Crippen LogP contribution in [0.1, 0.15) is 42.1 Å². The first-order valence-electron chi connectivity index (χ1n) is 9.91. The molecule has 29 heavy (non-hydrogen) atoms. The average molecular weight is 397 g/mol. The van der Waals surface area contributed by atoms with E-state index in [-0.39, 0.29) is 18.9 Å². The van der Waals surface area contributed by atoms with Crippen molar-refractivity contribution in [2.75, 3.05) is 13.1 Å². The van der Waals surface area contributed by atoms with Crippen LogP contribution in [-0.4, -0.2) is 46.2 Å². The number of benzene rings is 2. The molecule has 1 heterocycles. The van der Waals surface area contributed by atoms with Gasteiger partial charge in [0.25, 0.3) is 5.91 Å². The number of carboxylic acid groups (broad SMARTS) is 1. The van der Waals surface area contributed by atoms with Gasteiger partial charge >= 0.3 is 5.97 Å². The fraction of sp³-hybridized carbons (Fsp3) is 0.391. The van der Waals surface area contributed by atoms with Crippen LogP contribution in [0.25, 0.3) is 0 Å². The Hall–Kier alpha value is -2.86. The van der Waals surface area contributed by atoms with E-state index in [9.17, 15) is 19.8 Å². The highest BCUT2D eigenvalue weighted by atomic mass is 16.5. The van der Waals surface area contributed by atoms with Gasteiger partial charge in [0.15, 0.2) is 0 Å². The van der Waals surface area contributed by atoms with Crippen LogP contribution in [0.5, 0.6) is 11.5 Å². The molecule has 1 saturated heterocycles. The minimum Gasteiger partial charge on any atom is -0.481 e. The second-order valence-electron chi connectivity index (χ2n) is 7.67. The summed E-state index contributed by atoms with van der Waals surface area (Å²) >= 11 is 0. The molecular weight excluding hydrogens is 370 g/mol. The summed E-state index contributed by atoms with van der Waals surface area (Å²) in [6.07, 6.45) is 0.231. The lowest BCUT2D eigenvalue weighted by atomic mass is 9.72. The van der Waals surface area contributed by atoms with Gasteiger partial charge in [-0.1, -0.05) is 25.5 Å². The highest BCUT2D eigenvalue weighted by Crippen LogP contribution is 2.37. The quantitative estimate of drug-likeness (QED) is 0.773. The van der Waals surface area contributed by atoms with E-state index in [1.807, 2.05) is 38.1 Å². The number of rotatable bonds is 6. The van der Waals surface area contributed by atoms with Crippen molar-refractivity contribution in [2.45, 2.75) is 39.2 Å². The van der Waals surface area contributed by atoms with E-state index in [1.54, 1.807) is 24.3 Å². The third-order valence-corrected chi connectivity index (χ3v) is 5.59. The molecule has 0 spiro atoms. The number of nitrogens with zero attached hydrogens (tertiary/aromatic N) is 1. The Labute approximate surface area is 170 Å². The number of hydrogen-bond acceptors (Lipinski definition) is 4. The minimum absolute atomic E-state index is 0.0205. The zero-order valence-corrected chi connectivity index (χ0v) is 16.8. The maximum Gasteiger partial charge on any atom is 0.312 e. The van der Waals surface area contributed by atoms with Gasteiger partial charge in [-0.2, -0.15) is 0 Å². The largest absolute Gasteiger partial charge is 0.481 e. The van der Waals surface area contributed by atoms with Gasteiger partial charge in [0.1, 0.15) is 11.5 Å². The summed E-state index contributed by atoms with van der Waals surface area (Å²) in [6.45, 7) is 4.22. The van der Waals surface area contributed by atoms with E-state index < -0.39 is 17.5 Å². The predicted molar refractivity (Wildman–Crippen MR) is 109 cm³/mol. The number of hydrogen-bond donors (Lipinski definition) is 2. The standard InChI is InChI=1S/C23H27NO5/c1-3-11-23(22(27)28)12-13-24(15-20(23)25)21(26)17-7-9-18(10-8-17)29-19-6-4-5-16(2)14-19/h4-10,14,20,25H,3,11-13,15H2,1-2H3,(H,27,28)/t20-,23-/m0/s1. The molecular formula is C23H27NO5. The first kappa shape index (κ1) is 20.9. The van der Waals surface area contributed by atoms with Crippen LogP contribution in [0.2, 0.25) is 0 Å². The smallest absolute Gasteiger partial charge is 0.312 e. The Bertz CT molecular complexity index is 879. The van der Waals surface area contributed by atoms with Crippen LogP contribution in [0.3, 0.4) is 0 Å². The molecule has 2 aromatic rings. The Morgan fingerprint density at radius 1 is 1.17 bits per heavy atom. The molecule has 2 aromatic carbocycles. The van der Waals surface area contributed by atoms with E-state index in [1.165, 1.54) is 4.90 Å². The van der Waals surface area contributed by atoms with Gasteiger partial charge in [0.05, 0.1) is 11.5 Å². The number of β-amino-alcohol motifs (C(OH)–C–C–N with tert-alkyl or cyclic N) is 1. The molecule has 3 rings (SSSR count). The minimum atomic E-state index is -1.17. The van der Waals surface area contributed by atoms with Gasteiger partial charge in [-0.3, -0.25) is 9.59 Å². The van der Waals surface area contributed by atoms with Crippen molar-refractivity contribution >= 4 is 11.9 Å². The first-order chi connectivity index (χ1) is 13.9. The van der Waals surface area contributed by atoms with E-state index in [2.05, 4.69) is 0 Å². The monoisotopic (exact) mass is 397 g/mol. The highest BCUT2D eigenvalue weighted by Gasteiger charge is 2.48. The normalized spacial score (nSPS) is 21.6. The summed E-state index contributed by atoms with van der Waals surface area (Å²) < 4.78 is 5.81. The molecule has 2 atom stereocenters. The van der Waals surface area contributed by atoms with E-state index in [0.717, 1.165) is 11.3 Å². The molecule has 1 fully saturated rings. The lowest BCUT2D eigenvalue weighted by Crippen LogP contribution is -2.56. The topological polar surface area (TPSA) is 87.1 Å². The molecule has 0 aromatic heterocycles. The maximum absolute atomic E-state index is 12.8. The molecule has 6 heteroatoms. The summed E-state index contributed by atoms with van der Waals surface area (Å²) in [5.41, 5.74) is 0.405. The number of aryl methyl sites for hydroxylation is 1. The summed E-state index contributed by atoms with van der Waals surface area (Å²) in [4.78, 5) is 26.1. The molecule has 154 valence electrons. The number of aliphatic hydroxyl groups excluding tert-OH is 1. The van der Waals surface area contributed by atoms with Crippen molar-refractivity contribution < 1.29 is 24.5 Å². The Kier molecular flexibility index (Phi) is 6.23. The van der Waals surface area contributed by atoms with Crippen LogP contribution < -0.4 is 4.74 Å². The van der Waals surface area contributed by atoms with Gasteiger partial charge in [0, 0.05) is 18.7 Å². The molecule has 0 bridgehead atoms. The van der Waals surface area contributed by atoms with Gasteiger partial charge in [-0.15, -0.1) is 0 Å². The zero-order chi connectivity index (χ0) is 21.0. The lowest BCUT2D eigenvalue weighted by molar-refractivity contribution is -0.162. The van der Waals surface area contributed by atoms with Crippen LogP contribution >= 0.6 is 0 Å². The second kappa shape index (κ2) is 8.66. The fourth-order valence-corrected chi connectivity index (χ4v) is 3.92. The lowest BCUT2D eigenvalue weighted by Gasteiger charge is -2.42. The van der Waals surface area contributed by atoms with Gasteiger partial charge < -0.3 is 19.8 Å². The number of carboxylic acids is 1. The molecule has 0 unspecified atom stereocenters. The molecule has 0 radical (unpaired) electrons. The number of carbonyl (C=O) groups is 2.